The molecule has 0 aromatic heterocycles. The standard InChI is InChI=1S/C9H10BrF2N/c1-5(13)8-4-6(10)2-3-7(8)9(11)12/h2-5,9H,13H2,1H3. The summed E-state index contributed by atoms with van der Waals surface area (Å²) >= 11 is 3.21. The molecule has 0 aliphatic rings. The summed E-state index contributed by atoms with van der Waals surface area (Å²) in [7, 11) is 0. The molecule has 0 aliphatic carbocycles. The van der Waals surface area contributed by atoms with E-state index >= 15 is 0 Å². The summed E-state index contributed by atoms with van der Waals surface area (Å²) in [6.45, 7) is 1.69. The molecule has 72 valence electrons. The molecule has 4 heteroatoms. The maximum Gasteiger partial charge on any atom is 0.264 e. The summed E-state index contributed by atoms with van der Waals surface area (Å²) in [5.74, 6) is 0. The molecule has 1 aromatic rings. The van der Waals surface area contributed by atoms with Crippen LogP contribution < -0.4 is 5.73 Å². The molecule has 0 saturated heterocycles. The van der Waals surface area contributed by atoms with Crippen LogP contribution in [-0.2, 0) is 0 Å². The first kappa shape index (κ1) is 10.6. The van der Waals surface area contributed by atoms with Gasteiger partial charge < -0.3 is 5.73 Å². The van der Waals surface area contributed by atoms with Crippen LogP contribution in [-0.4, -0.2) is 0 Å². The maximum absolute atomic E-state index is 12.4. The fraction of sp³-hybridized carbons (Fsp3) is 0.333. The molecule has 1 nitrogen and oxygen atoms in total. The Hall–Kier alpha value is -0.480. The van der Waals surface area contributed by atoms with Gasteiger partial charge in [-0.3, -0.25) is 0 Å². The maximum atomic E-state index is 12.4. The van der Waals surface area contributed by atoms with Crippen molar-refractivity contribution < 1.29 is 8.78 Å². The van der Waals surface area contributed by atoms with Crippen molar-refractivity contribution in [2.75, 3.05) is 0 Å². The summed E-state index contributed by atoms with van der Waals surface area (Å²) in [5, 5.41) is 0. The number of benzene rings is 1. The van der Waals surface area contributed by atoms with E-state index in [2.05, 4.69) is 15.9 Å². The van der Waals surface area contributed by atoms with Crippen molar-refractivity contribution in [3.63, 3.8) is 0 Å². The minimum atomic E-state index is -2.46. The van der Waals surface area contributed by atoms with E-state index in [4.69, 9.17) is 5.73 Å². The van der Waals surface area contributed by atoms with E-state index in [9.17, 15) is 8.78 Å². The molecule has 1 atom stereocenters. The lowest BCUT2D eigenvalue weighted by Crippen LogP contribution is -2.08. The predicted octanol–water partition coefficient (Wildman–Crippen LogP) is 3.41. The molecular formula is C9H10BrF2N. The molecule has 1 rings (SSSR count). The first-order valence-corrected chi connectivity index (χ1v) is 4.64. The first-order chi connectivity index (χ1) is 6.02. The fourth-order valence-corrected chi connectivity index (χ4v) is 1.52. The summed E-state index contributed by atoms with van der Waals surface area (Å²) in [6, 6.07) is 4.24. The SMILES string of the molecule is CC(N)c1cc(Br)ccc1C(F)F. The van der Waals surface area contributed by atoms with E-state index in [1.165, 1.54) is 6.07 Å². The summed E-state index contributed by atoms with van der Waals surface area (Å²) in [4.78, 5) is 0. The lowest BCUT2D eigenvalue weighted by atomic mass is 10.0. The van der Waals surface area contributed by atoms with Crippen LogP contribution in [0.1, 0.15) is 30.5 Å². The monoisotopic (exact) mass is 249 g/mol. The highest BCUT2D eigenvalue weighted by Gasteiger charge is 2.15. The average Bonchev–Trinajstić information content (AvgIpc) is 2.03. The van der Waals surface area contributed by atoms with E-state index in [1.54, 1.807) is 19.1 Å². The highest BCUT2D eigenvalue weighted by atomic mass is 79.9. The van der Waals surface area contributed by atoms with Gasteiger partial charge in [-0.15, -0.1) is 0 Å². The van der Waals surface area contributed by atoms with Gasteiger partial charge in [0.15, 0.2) is 0 Å². The molecule has 0 bridgehead atoms. The van der Waals surface area contributed by atoms with Crippen LogP contribution in [0.4, 0.5) is 8.78 Å². The normalized spacial score (nSPS) is 13.4. The van der Waals surface area contributed by atoms with Gasteiger partial charge in [0.25, 0.3) is 6.43 Å². The highest BCUT2D eigenvalue weighted by molar-refractivity contribution is 9.10. The molecule has 0 radical (unpaired) electrons. The lowest BCUT2D eigenvalue weighted by Gasteiger charge is -2.12. The zero-order valence-corrected chi connectivity index (χ0v) is 8.68. The van der Waals surface area contributed by atoms with Gasteiger partial charge in [0.1, 0.15) is 0 Å². The van der Waals surface area contributed by atoms with Gasteiger partial charge in [-0.05, 0) is 24.6 Å². The van der Waals surface area contributed by atoms with E-state index in [0.29, 0.717) is 5.56 Å². The Kier molecular flexibility index (Phi) is 3.39. The largest absolute Gasteiger partial charge is 0.324 e. The minimum absolute atomic E-state index is 0.0122. The molecule has 0 saturated carbocycles. The van der Waals surface area contributed by atoms with Crippen LogP contribution in [0, 0.1) is 0 Å². The molecule has 0 spiro atoms. The average molecular weight is 250 g/mol. The van der Waals surface area contributed by atoms with Crippen molar-refractivity contribution in [1.29, 1.82) is 0 Å². The molecular weight excluding hydrogens is 240 g/mol. The van der Waals surface area contributed by atoms with Gasteiger partial charge in [-0.2, -0.15) is 0 Å². The van der Waals surface area contributed by atoms with Gasteiger partial charge in [0.05, 0.1) is 0 Å². The van der Waals surface area contributed by atoms with Crippen LogP contribution in [0.15, 0.2) is 22.7 Å². The fourth-order valence-electron chi connectivity index (χ4n) is 1.14. The minimum Gasteiger partial charge on any atom is -0.324 e. The van der Waals surface area contributed by atoms with Crippen molar-refractivity contribution in [3.05, 3.63) is 33.8 Å². The van der Waals surface area contributed by atoms with Crippen LogP contribution in [0.3, 0.4) is 0 Å². The van der Waals surface area contributed by atoms with E-state index < -0.39 is 6.43 Å². The Morgan fingerprint density at radius 1 is 1.31 bits per heavy atom. The third-order valence-corrected chi connectivity index (χ3v) is 2.27. The number of rotatable bonds is 2. The molecule has 2 N–H and O–H groups in total. The van der Waals surface area contributed by atoms with Crippen LogP contribution >= 0.6 is 15.9 Å². The van der Waals surface area contributed by atoms with Crippen molar-refractivity contribution >= 4 is 15.9 Å². The smallest absolute Gasteiger partial charge is 0.264 e. The van der Waals surface area contributed by atoms with E-state index in [-0.39, 0.29) is 11.6 Å². The third-order valence-electron chi connectivity index (χ3n) is 1.77. The Morgan fingerprint density at radius 3 is 2.38 bits per heavy atom. The van der Waals surface area contributed by atoms with Crippen molar-refractivity contribution in [2.24, 2.45) is 5.73 Å². The van der Waals surface area contributed by atoms with Crippen LogP contribution in [0.5, 0.6) is 0 Å². The molecule has 1 aromatic carbocycles. The number of hydrogen-bond donors (Lipinski definition) is 1. The Bertz CT molecular complexity index is 300. The molecule has 13 heavy (non-hydrogen) atoms. The summed E-state index contributed by atoms with van der Waals surface area (Å²) < 4.78 is 25.7. The second-order valence-corrected chi connectivity index (χ2v) is 3.78. The van der Waals surface area contributed by atoms with Gasteiger partial charge in [0, 0.05) is 16.1 Å². The van der Waals surface area contributed by atoms with Crippen molar-refractivity contribution in [2.45, 2.75) is 19.4 Å². The number of nitrogens with two attached hydrogens (primary N) is 1. The quantitative estimate of drug-likeness (QED) is 0.855. The van der Waals surface area contributed by atoms with Gasteiger partial charge in [0.2, 0.25) is 0 Å². The second kappa shape index (κ2) is 4.15. The molecule has 0 fully saturated rings. The van der Waals surface area contributed by atoms with E-state index in [1.807, 2.05) is 0 Å². The highest BCUT2D eigenvalue weighted by Crippen LogP contribution is 2.28. The number of alkyl halides is 2. The third kappa shape index (κ3) is 2.48. The predicted molar refractivity (Wildman–Crippen MR) is 51.7 cm³/mol. The molecule has 0 heterocycles. The molecule has 0 aliphatic heterocycles. The number of hydrogen-bond acceptors (Lipinski definition) is 1. The van der Waals surface area contributed by atoms with Crippen LogP contribution in [0.2, 0.25) is 0 Å². The van der Waals surface area contributed by atoms with Gasteiger partial charge in [-0.1, -0.05) is 22.0 Å². The Labute approximate surface area is 84.1 Å². The van der Waals surface area contributed by atoms with Crippen molar-refractivity contribution in [3.8, 4) is 0 Å². The Morgan fingerprint density at radius 2 is 1.92 bits per heavy atom. The zero-order chi connectivity index (χ0) is 10.0. The number of halogens is 3. The zero-order valence-electron chi connectivity index (χ0n) is 7.10. The summed E-state index contributed by atoms with van der Waals surface area (Å²) in [5.41, 5.74) is 6.07. The van der Waals surface area contributed by atoms with E-state index in [0.717, 1.165) is 4.47 Å². The Balaban J connectivity index is 3.19. The van der Waals surface area contributed by atoms with Crippen LogP contribution in [0.25, 0.3) is 0 Å². The van der Waals surface area contributed by atoms with Gasteiger partial charge in [-0.25, -0.2) is 8.78 Å². The summed E-state index contributed by atoms with van der Waals surface area (Å²) in [6.07, 6.45) is -2.46. The topological polar surface area (TPSA) is 26.0 Å². The van der Waals surface area contributed by atoms with Crippen molar-refractivity contribution in [1.82, 2.24) is 0 Å². The second-order valence-electron chi connectivity index (χ2n) is 2.86. The van der Waals surface area contributed by atoms with Gasteiger partial charge >= 0.3 is 0 Å². The molecule has 1 unspecified atom stereocenters. The molecule has 0 amide bonds. The lowest BCUT2D eigenvalue weighted by molar-refractivity contribution is 0.150. The first-order valence-electron chi connectivity index (χ1n) is 3.85.